The highest BCUT2D eigenvalue weighted by molar-refractivity contribution is 9.10. The van der Waals surface area contributed by atoms with Crippen LogP contribution in [0.5, 0.6) is 5.75 Å². The molecule has 0 radical (unpaired) electrons. The van der Waals surface area contributed by atoms with E-state index in [0.29, 0.717) is 24.9 Å². The third-order valence-electron chi connectivity index (χ3n) is 5.28. The number of carbonyl (C=O) groups is 1. The van der Waals surface area contributed by atoms with E-state index in [0.717, 1.165) is 47.5 Å². The van der Waals surface area contributed by atoms with Crippen molar-refractivity contribution in [1.82, 2.24) is 0 Å². The monoisotopic (exact) mass is 444 g/mol. The Morgan fingerprint density at radius 2 is 1.79 bits per heavy atom. The molecule has 4 rings (SSSR count). The van der Waals surface area contributed by atoms with E-state index < -0.39 is 0 Å². The van der Waals surface area contributed by atoms with E-state index in [1.54, 1.807) is 0 Å². The Kier molecular flexibility index (Phi) is 6.17. The number of rotatable bonds is 5. The van der Waals surface area contributed by atoms with E-state index in [-0.39, 0.29) is 5.91 Å². The van der Waals surface area contributed by atoms with Gasteiger partial charge in [0.25, 0.3) is 5.91 Å². The maximum absolute atomic E-state index is 12.8. The van der Waals surface area contributed by atoms with Gasteiger partial charge < -0.3 is 19.7 Å². The normalized spacial score (nSPS) is 17.5. The zero-order valence-corrected chi connectivity index (χ0v) is 17.4. The number of morpholine rings is 1. The smallest absolute Gasteiger partial charge is 0.255 e. The fourth-order valence-electron chi connectivity index (χ4n) is 3.77. The Labute approximate surface area is 174 Å². The summed E-state index contributed by atoms with van der Waals surface area (Å²) in [5.41, 5.74) is 2.43. The first-order chi connectivity index (χ1) is 13.7. The minimum absolute atomic E-state index is 0.125. The SMILES string of the molecule is O=C(Nc1cc(Br)ccc1N1CCOCC1)c1ccc(OC2CCCC2)cc1. The molecule has 148 valence electrons. The zero-order chi connectivity index (χ0) is 19.3. The molecule has 1 aliphatic carbocycles. The molecule has 1 amide bonds. The highest BCUT2D eigenvalue weighted by atomic mass is 79.9. The molecule has 2 aromatic rings. The van der Waals surface area contributed by atoms with Crippen LogP contribution < -0.4 is 15.0 Å². The molecule has 1 saturated heterocycles. The summed E-state index contributed by atoms with van der Waals surface area (Å²) in [5.74, 6) is 0.708. The first-order valence-electron chi connectivity index (χ1n) is 9.89. The van der Waals surface area contributed by atoms with Gasteiger partial charge in [0.05, 0.1) is 30.7 Å². The second kappa shape index (κ2) is 8.97. The summed E-state index contributed by atoms with van der Waals surface area (Å²) in [7, 11) is 0. The van der Waals surface area contributed by atoms with E-state index in [1.165, 1.54) is 12.8 Å². The summed E-state index contributed by atoms with van der Waals surface area (Å²) < 4.78 is 12.4. The van der Waals surface area contributed by atoms with Gasteiger partial charge >= 0.3 is 0 Å². The number of nitrogens with zero attached hydrogens (tertiary/aromatic N) is 1. The molecule has 6 heteroatoms. The van der Waals surface area contributed by atoms with Gasteiger partial charge in [-0.25, -0.2) is 0 Å². The van der Waals surface area contributed by atoms with E-state index >= 15 is 0 Å². The minimum Gasteiger partial charge on any atom is -0.490 e. The lowest BCUT2D eigenvalue weighted by atomic mass is 10.1. The highest BCUT2D eigenvalue weighted by Gasteiger charge is 2.18. The minimum atomic E-state index is -0.125. The van der Waals surface area contributed by atoms with Crippen molar-refractivity contribution < 1.29 is 14.3 Å². The summed E-state index contributed by atoms with van der Waals surface area (Å²) in [6, 6.07) is 13.4. The van der Waals surface area contributed by atoms with Gasteiger partial charge in [-0.1, -0.05) is 15.9 Å². The van der Waals surface area contributed by atoms with Gasteiger partial charge in [-0.2, -0.15) is 0 Å². The van der Waals surface area contributed by atoms with E-state index in [4.69, 9.17) is 9.47 Å². The third kappa shape index (κ3) is 4.67. The van der Waals surface area contributed by atoms with Gasteiger partial charge in [0.1, 0.15) is 5.75 Å². The summed E-state index contributed by atoms with van der Waals surface area (Å²) >= 11 is 3.51. The molecule has 0 spiro atoms. The quantitative estimate of drug-likeness (QED) is 0.715. The molecule has 28 heavy (non-hydrogen) atoms. The molecule has 2 aliphatic rings. The molecule has 1 heterocycles. The Bertz CT molecular complexity index is 813. The fourth-order valence-corrected chi connectivity index (χ4v) is 4.13. The topological polar surface area (TPSA) is 50.8 Å². The molecular formula is C22H25BrN2O3. The van der Waals surface area contributed by atoms with Crippen molar-refractivity contribution in [1.29, 1.82) is 0 Å². The van der Waals surface area contributed by atoms with Crippen LogP contribution in [0.15, 0.2) is 46.9 Å². The van der Waals surface area contributed by atoms with Crippen LogP contribution in [-0.4, -0.2) is 38.3 Å². The van der Waals surface area contributed by atoms with Crippen molar-refractivity contribution in [3.8, 4) is 5.75 Å². The molecule has 2 aromatic carbocycles. The van der Waals surface area contributed by atoms with Crippen LogP contribution in [0, 0.1) is 0 Å². The van der Waals surface area contributed by atoms with Gasteiger partial charge in [0, 0.05) is 23.1 Å². The van der Waals surface area contributed by atoms with E-state index in [1.807, 2.05) is 42.5 Å². The standard InChI is InChI=1S/C22H25BrN2O3/c23-17-7-10-21(25-11-13-27-14-12-25)20(15-17)24-22(26)16-5-8-19(9-6-16)28-18-3-1-2-4-18/h5-10,15,18H,1-4,11-14H2,(H,24,26). The Morgan fingerprint density at radius 1 is 1.07 bits per heavy atom. The molecule has 1 N–H and O–H groups in total. The van der Waals surface area contributed by atoms with Crippen LogP contribution in [0.3, 0.4) is 0 Å². The number of hydrogen-bond acceptors (Lipinski definition) is 4. The third-order valence-corrected chi connectivity index (χ3v) is 5.77. The largest absolute Gasteiger partial charge is 0.490 e. The Morgan fingerprint density at radius 3 is 2.50 bits per heavy atom. The highest BCUT2D eigenvalue weighted by Crippen LogP contribution is 2.31. The lowest BCUT2D eigenvalue weighted by Crippen LogP contribution is -2.36. The fraction of sp³-hybridized carbons (Fsp3) is 0.409. The first-order valence-corrected chi connectivity index (χ1v) is 10.7. The summed E-state index contributed by atoms with van der Waals surface area (Å²) in [4.78, 5) is 15.0. The number of ether oxygens (including phenoxy) is 2. The molecule has 0 bridgehead atoms. The summed E-state index contributed by atoms with van der Waals surface area (Å²) in [6.07, 6.45) is 5.04. The van der Waals surface area contributed by atoms with Crippen molar-refractivity contribution in [2.45, 2.75) is 31.8 Å². The zero-order valence-electron chi connectivity index (χ0n) is 15.8. The van der Waals surface area contributed by atoms with Crippen molar-refractivity contribution in [3.05, 3.63) is 52.5 Å². The lowest BCUT2D eigenvalue weighted by molar-refractivity contribution is 0.102. The number of nitrogens with one attached hydrogen (secondary N) is 1. The predicted molar refractivity (Wildman–Crippen MR) is 114 cm³/mol. The number of halogens is 1. The van der Waals surface area contributed by atoms with Crippen LogP contribution in [0.4, 0.5) is 11.4 Å². The van der Waals surface area contributed by atoms with Crippen LogP contribution in [0.1, 0.15) is 36.0 Å². The van der Waals surface area contributed by atoms with Gasteiger partial charge in [0.15, 0.2) is 0 Å². The second-order valence-corrected chi connectivity index (χ2v) is 8.18. The second-order valence-electron chi connectivity index (χ2n) is 7.26. The van der Waals surface area contributed by atoms with Crippen molar-refractivity contribution in [3.63, 3.8) is 0 Å². The van der Waals surface area contributed by atoms with Crippen LogP contribution in [0.2, 0.25) is 0 Å². The van der Waals surface area contributed by atoms with Crippen LogP contribution in [0.25, 0.3) is 0 Å². The Hall–Kier alpha value is -2.05. The lowest BCUT2D eigenvalue weighted by Gasteiger charge is -2.30. The maximum atomic E-state index is 12.8. The predicted octanol–water partition coefficient (Wildman–Crippen LogP) is 4.86. The van der Waals surface area contributed by atoms with Gasteiger partial charge in [-0.15, -0.1) is 0 Å². The van der Waals surface area contributed by atoms with Crippen molar-refractivity contribution in [2.24, 2.45) is 0 Å². The summed E-state index contributed by atoms with van der Waals surface area (Å²) in [5, 5.41) is 3.07. The van der Waals surface area contributed by atoms with Gasteiger partial charge in [-0.05, 0) is 68.1 Å². The molecule has 1 saturated carbocycles. The molecular weight excluding hydrogens is 420 g/mol. The molecule has 0 aromatic heterocycles. The van der Waals surface area contributed by atoms with E-state index in [2.05, 4.69) is 26.1 Å². The average molecular weight is 445 g/mol. The Balaban J connectivity index is 1.46. The molecule has 2 fully saturated rings. The number of amides is 1. The number of hydrogen-bond donors (Lipinski definition) is 1. The molecule has 5 nitrogen and oxygen atoms in total. The average Bonchev–Trinajstić information content (AvgIpc) is 3.22. The number of carbonyl (C=O) groups excluding carboxylic acids is 1. The van der Waals surface area contributed by atoms with E-state index in [9.17, 15) is 4.79 Å². The molecule has 0 atom stereocenters. The van der Waals surface area contributed by atoms with Gasteiger partial charge in [-0.3, -0.25) is 4.79 Å². The maximum Gasteiger partial charge on any atom is 0.255 e. The van der Waals surface area contributed by atoms with Crippen molar-refractivity contribution in [2.75, 3.05) is 36.5 Å². The number of benzene rings is 2. The van der Waals surface area contributed by atoms with Crippen LogP contribution in [-0.2, 0) is 4.74 Å². The number of anilines is 2. The molecule has 1 aliphatic heterocycles. The van der Waals surface area contributed by atoms with Crippen molar-refractivity contribution >= 4 is 33.2 Å². The first kappa shape index (κ1) is 19.3. The van der Waals surface area contributed by atoms with Gasteiger partial charge in [0.2, 0.25) is 0 Å². The van der Waals surface area contributed by atoms with Crippen LogP contribution >= 0.6 is 15.9 Å². The molecule has 0 unspecified atom stereocenters. The summed E-state index contributed by atoms with van der Waals surface area (Å²) in [6.45, 7) is 3.03.